The average Bonchev–Trinajstić information content (AvgIpc) is 3.38. The molecule has 29 heavy (non-hydrogen) atoms. The monoisotopic (exact) mass is 412 g/mol. The summed E-state index contributed by atoms with van der Waals surface area (Å²) in [5, 5.41) is 8.66. The second-order valence-corrected chi connectivity index (χ2v) is 9.51. The van der Waals surface area contributed by atoms with Gasteiger partial charge in [0.2, 0.25) is 11.8 Å². The first-order chi connectivity index (χ1) is 14.1. The second kappa shape index (κ2) is 7.57. The van der Waals surface area contributed by atoms with Crippen LogP contribution in [0.15, 0.2) is 12.4 Å². The van der Waals surface area contributed by atoms with Crippen molar-refractivity contribution in [2.75, 3.05) is 19.4 Å². The van der Waals surface area contributed by atoms with Crippen molar-refractivity contribution < 1.29 is 4.74 Å². The van der Waals surface area contributed by atoms with Crippen LogP contribution in [0.5, 0.6) is 5.88 Å². The fourth-order valence-corrected chi connectivity index (χ4v) is 5.81. The lowest BCUT2D eigenvalue weighted by Crippen LogP contribution is -2.35. The number of anilines is 2. The Labute approximate surface area is 175 Å². The predicted molar refractivity (Wildman–Crippen MR) is 116 cm³/mol. The summed E-state index contributed by atoms with van der Waals surface area (Å²) in [5.41, 5.74) is 2.29. The Bertz CT molecular complexity index is 1020. The first-order valence-electron chi connectivity index (χ1n) is 10.5. The molecule has 0 bridgehead atoms. The van der Waals surface area contributed by atoms with Gasteiger partial charge < -0.3 is 15.0 Å². The van der Waals surface area contributed by atoms with Crippen molar-refractivity contribution in [3.63, 3.8) is 0 Å². The molecule has 0 atom stereocenters. The van der Waals surface area contributed by atoms with Gasteiger partial charge in [-0.2, -0.15) is 10.1 Å². The normalized spacial score (nSPS) is 21.7. The van der Waals surface area contributed by atoms with Gasteiger partial charge in [-0.1, -0.05) is 0 Å². The molecule has 0 unspecified atom stereocenters. The van der Waals surface area contributed by atoms with Crippen molar-refractivity contribution in [3.8, 4) is 5.88 Å². The summed E-state index contributed by atoms with van der Waals surface area (Å²) in [4.78, 5) is 14.4. The predicted octanol–water partition coefficient (Wildman–Crippen LogP) is 3.91. The first-order valence-corrected chi connectivity index (χ1v) is 11.3. The summed E-state index contributed by atoms with van der Waals surface area (Å²) >= 11 is 1.80. The van der Waals surface area contributed by atoms with E-state index in [-0.39, 0.29) is 6.10 Å². The Morgan fingerprint density at radius 2 is 2.00 bits per heavy atom. The van der Waals surface area contributed by atoms with Crippen molar-refractivity contribution in [1.29, 1.82) is 0 Å². The van der Waals surface area contributed by atoms with E-state index >= 15 is 0 Å². The van der Waals surface area contributed by atoms with Crippen LogP contribution in [0.1, 0.15) is 42.5 Å². The number of ether oxygens (including phenoxy) is 1. The molecule has 3 aromatic heterocycles. The minimum Gasteiger partial charge on any atom is -0.474 e. The molecular weight excluding hydrogens is 384 g/mol. The van der Waals surface area contributed by atoms with Crippen LogP contribution in [0.25, 0.3) is 10.2 Å². The quantitative estimate of drug-likeness (QED) is 0.685. The third kappa shape index (κ3) is 3.71. The van der Waals surface area contributed by atoms with Gasteiger partial charge in [-0.25, -0.2) is 4.98 Å². The topological polar surface area (TPSA) is 68.1 Å². The molecule has 5 rings (SSSR count). The molecule has 1 fully saturated rings. The minimum absolute atomic E-state index is 0.229. The van der Waals surface area contributed by atoms with Gasteiger partial charge in [0.1, 0.15) is 10.9 Å². The van der Waals surface area contributed by atoms with E-state index in [9.17, 15) is 0 Å². The zero-order valence-corrected chi connectivity index (χ0v) is 18.1. The Balaban J connectivity index is 1.45. The zero-order valence-electron chi connectivity index (χ0n) is 17.3. The van der Waals surface area contributed by atoms with Gasteiger partial charge in [-0.15, -0.1) is 11.3 Å². The number of fused-ring (bicyclic) bond motifs is 3. The maximum atomic E-state index is 6.54. The molecule has 0 saturated heterocycles. The van der Waals surface area contributed by atoms with E-state index in [1.807, 2.05) is 13.2 Å². The molecule has 2 aliphatic carbocycles. The minimum atomic E-state index is 0.229. The summed E-state index contributed by atoms with van der Waals surface area (Å²) in [6.07, 6.45) is 11.9. The number of aryl methyl sites for hydroxylation is 3. The second-order valence-electron chi connectivity index (χ2n) is 8.43. The molecule has 0 aromatic carbocycles. The lowest BCUT2D eigenvalue weighted by Gasteiger charge is -2.32. The Morgan fingerprint density at radius 1 is 1.17 bits per heavy atom. The molecule has 0 amide bonds. The van der Waals surface area contributed by atoms with Gasteiger partial charge >= 0.3 is 0 Å². The van der Waals surface area contributed by atoms with E-state index in [4.69, 9.17) is 14.7 Å². The smallest absolute Gasteiger partial charge is 0.232 e. The van der Waals surface area contributed by atoms with Gasteiger partial charge in [-0.3, -0.25) is 4.68 Å². The molecular formula is C21H28N6OS. The fourth-order valence-electron chi connectivity index (χ4n) is 4.56. The van der Waals surface area contributed by atoms with Crippen LogP contribution < -0.4 is 10.1 Å². The number of rotatable bonds is 5. The molecule has 2 aliphatic rings. The Morgan fingerprint density at radius 3 is 2.72 bits per heavy atom. The molecule has 0 spiro atoms. The van der Waals surface area contributed by atoms with E-state index in [2.05, 4.69) is 29.4 Å². The first kappa shape index (κ1) is 18.8. The van der Waals surface area contributed by atoms with Crippen LogP contribution in [0.4, 0.5) is 11.6 Å². The van der Waals surface area contributed by atoms with Gasteiger partial charge in [0.05, 0.1) is 17.3 Å². The largest absolute Gasteiger partial charge is 0.474 e. The van der Waals surface area contributed by atoms with E-state index in [0.29, 0.717) is 12.0 Å². The summed E-state index contributed by atoms with van der Waals surface area (Å²) in [6, 6.07) is 0.661. The Kier molecular flexibility index (Phi) is 4.91. The van der Waals surface area contributed by atoms with E-state index in [0.717, 1.165) is 47.5 Å². The molecule has 0 radical (unpaired) electrons. The lowest BCUT2D eigenvalue weighted by molar-refractivity contribution is 0.109. The number of hydrogen-bond donors (Lipinski definition) is 1. The van der Waals surface area contributed by atoms with E-state index < -0.39 is 0 Å². The maximum absolute atomic E-state index is 6.54. The maximum Gasteiger partial charge on any atom is 0.232 e. The van der Waals surface area contributed by atoms with Crippen molar-refractivity contribution >= 4 is 33.2 Å². The molecule has 3 aromatic rings. The van der Waals surface area contributed by atoms with Gasteiger partial charge in [0, 0.05) is 24.2 Å². The third-order valence-corrected chi connectivity index (χ3v) is 7.33. The highest BCUT2D eigenvalue weighted by Crippen LogP contribution is 2.42. The number of thiophene rings is 1. The zero-order chi connectivity index (χ0) is 20.0. The molecule has 1 N–H and O–H groups in total. The highest BCUT2D eigenvalue weighted by Gasteiger charge is 2.27. The fraction of sp³-hybridized carbons (Fsp3) is 0.571. The Hall–Kier alpha value is -2.19. The number of hydrogen-bond acceptors (Lipinski definition) is 7. The average molecular weight is 413 g/mol. The molecule has 1 saturated carbocycles. The molecule has 8 heteroatoms. The van der Waals surface area contributed by atoms with Gasteiger partial charge in [-0.05, 0) is 64.6 Å². The van der Waals surface area contributed by atoms with Crippen LogP contribution in [0.2, 0.25) is 0 Å². The summed E-state index contributed by atoms with van der Waals surface area (Å²) < 4.78 is 8.31. The summed E-state index contributed by atoms with van der Waals surface area (Å²) in [6.45, 7) is 0. The van der Waals surface area contributed by atoms with Crippen molar-refractivity contribution in [2.45, 2.75) is 57.1 Å². The summed E-state index contributed by atoms with van der Waals surface area (Å²) in [7, 11) is 6.24. The van der Waals surface area contributed by atoms with Crippen LogP contribution in [0.3, 0.4) is 0 Å². The molecule has 0 aliphatic heterocycles. The van der Waals surface area contributed by atoms with Gasteiger partial charge in [0.15, 0.2) is 0 Å². The van der Waals surface area contributed by atoms with E-state index in [1.54, 1.807) is 22.2 Å². The highest BCUT2D eigenvalue weighted by molar-refractivity contribution is 7.19. The molecule has 3 heterocycles. The number of nitrogens with zero attached hydrogens (tertiary/aromatic N) is 5. The summed E-state index contributed by atoms with van der Waals surface area (Å²) in [5.74, 6) is 1.34. The SMILES string of the molecule is CN(C)C1CCC(Oc2nc(Nc3cnn(C)c3)nc3sc4c(c23)CCC4)CC1. The standard InChI is InChI=1S/C21H28N6OS/c1-26(2)14-7-9-15(10-8-14)28-19-18-16-5-4-6-17(16)29-20(18)25-21(24-19)23-13-11-22-27(3)12-13/h11-12,14-15H,4-10H2,1-3H3,(H,23,24,25). The third-order valence-electron chi connectivity index (χ3n) is 6.14. The highest BCUT2D eigenvalue weighted by atomic mass is 32.1. The van der Waals surface area contributed by atoms with Crippen LogP contribution in [0, 0.1) is 0 Å². The molecule has 7 nitrogen and oxygen atoms in total. The van der Waals surface area contributed by atoms with Crippen LogP contribution >= 0.6 is 11.3 Å². The van der Waals surface area contributed by atoms with Crippen LogP contribution in [-0.4, -0.2) is 50.9 Å². The van der Waals surface area contributed by atoms with Crippen LogP contribution in [-0.2, 0) is 19.9 Å². The van der Waals surface area contributed by atoms with E-state index in [1.165, 1.54) is 29.7 Å². The number of nitrogens with one attached hydrogen (secondary N) is 1. The lowest BCUT2D eigenvalue weighted by atomic mass is 9.92. The van der Waals surface area contributed by atoms with Crippen molar-refractivity contribution in [3.05, 3.63) is 22.8 Å². The van der Waals surface area contributed by atoms with Gasteiger partial charge in [0.25, 0.3) is 0 Å². The molecule has 154 valence electrons. The van der Waals surface area contributed by atoms with Crippen molar-refractivity contribution in [1.82, 2.24) is 24.6 Å². The van der Waals surface area contributed by atoms with Crippen molar-refractivity contribution in [2.24, 2.45) is 7.05 Å². The number of aromatic nitrogens is 4.